The topological polar surface area (TPSA) is 114 Å². The summed E-state index contributed by atoms with van der Waals surface area (Å²) in [5.74, 6) is -0.546. The van der Waals surface area contributed by atoms with Crippen LogP contribution in [-0.2, 0) is 27.9 Å². The van der Waals surface area contributed by atoms with Crippen LogP contribution in [0.25, 0.3) is 0 Å². The second-order valence-electron chi connectivity index (χ2n) is 26.1. The molecule has 1 amide bonds. The maximum Gasteiger partial charge on any atom is 0.306 e. The van der Waals surface area contributed by atoms with E-state index in [1.807, 2.05) is 33.3 Å². The van der Waals surface area contributed by atoms with E-state index >= 15 is 0 Å². The number of unbranched alkanes of at least 4 members (excludes halogenated alkanes) is 35. The number of carbonyl (C=O) groups excluding carboxylic acids is 2. The average Bonchev–Trinajstić information content (AvgIpc) is 3.67. The predicted molar refractivity (Wildman–Crippen MR) is 385 cm³/mol. The van der Waals surface area contributed by atoms with E-state index in [2.05, 4.69) is 123 Å². The van der Waals surface area contributed by atoms with Crippen LogP contribution in [0, 0.1) is 0 Å². The van der Waals surface area contributed by atoms with Crippen molar-refractivity contribution in [2.45, 2.75) is 341 Å². The molecule has 0 radical (unpaired) electrons. The van der Waals surface area contributed by atoms with E-state index in [0.29, 0.717) is 17.4 Å². The highest BCUT2D eigenvalue weighted by Gasteiger charge is 2.27. The maximum absolute atomic E-state index is 13.6. The first kappa shape index (κ1) is 85.7. The minimum absolute atomic E-state index is 0.0279. The summed E-state index contributed by atoms with van der Waals surface area (Å²) in [6.07, 6.45) is 93.5. The van der Waals surface area contributed by atoms with Crippen molar-refractivity contribution in [1.82, 2.24) is 5.32 Å². The summed E-state index contributed by atoms with van der Waals surface area (Å²) in [6.45, 7) is 6.73. The Balaban J connectivity index is 5.08. The highest BCUT2D eigenvalue weighted by atomic mass is 31.2. The van der Waals surface area contributed by atoms with Crippen LogP contribution in [0.4, 0.5) is 0 Å². The summed E-state index contributed by atoms with van der Waals surface area (Å²) in [4.78, 5) is 40.3. The van der Waals surface area contributed by atoms with Crippen molar-refractivity contribution < 1.29 is 37.3 Å². The number of phosphoric ester groups is 1. The number of esters is 1. The molecule has 0 fully saturated rings. The van der Waals surface area contributed by atoms with Gasteiger partial charge >= 0.3 is 5.97 Å². The lowest BCUT2D eigenvalue weighted by Crippen LogP contribution is -2.47. The van der Waals surface area contributed by atoms with Crippen molar-refractivity contribution in [3.8, 4) is 0 Å². The van der Waals surface area contributed by atoms with Crippen LogP contribution in [0.1, 0.15) is 329 Å². The number of allylic oxidation sites excluding steroid dienone is 17. The van der Waals surface area contributed by atoms with Crippen LogP contribution in [0.2, 0.25) is 0 Å². The number of carbonyl (C=O) groups is 2. The summed E-state index contributed by atoms with van der Waals surface area (Å²) in [6, 6.07) is -0.900. The summed E-state index contributed by atoms with van der Waals surface area (Å²) in [5.41, 5.74) is 0. The minimum Gasteiger partial charge on any atom is -0.756 e. The molecule has 0 aliphatic heterocycles. The fourth-order valence-corrected chi connectivity index (χ4v) is 11.2. The summed E-state index contributed by atoms with van der Waals surface area (Å²) >= 11 is 0. The van der Waals surface area contributed by atoms with Crippen molar-refractivity contribution in [3.63, 3.8) is 0 Å². The van der Waals surface area contributed by atoms with Gasteiger partial charge in [-0.1, -0.05) is 310 Å². The molecule has 0 aromatic heterocycles. The molecule has 1 N–H and O–H groups in total. The largest absolute Gasteiger partial charge is 0.756 e. The molecule has 89 heavy (non-hydrogen) atoms. The van der Waals surface area contributed by atoms with Gasteiger partial charge in [0.05, 0.1) is 33.8 Å². The van der Waals surface area contributed by atoms with Gasteiger partial charge in [0.15, 0.2) is 0 Å². The number of ether oxygens (including phenoxy) is 1. The van der Waals surface area contributed by atoms with Gasteiger partial charge in [-0.15, -0.1) is 0 Å². The lowest BCUT2D eigenvalue weighted by molar-refractivity contribution is -0.870. The normalized spacial score (nSPS) is 14.1. The predicted octanol–water partition coefficient (Wildman–Crippen LogP) is 23.4. The Bertz CT molecular complexity index is 1890. The summed E-state index contributed by atoms with van der Waals surface area (Å²) in [5, 5.41) is 3.05. The molecule has 3 unspecified atom stereocenters. The molecule has 0 aliphatic rings. The van der Waals surface area contributed by atoms with Gasteiger partial charge in [-0.05, 0) is 115 Å². The molecule has 9 nitrogen and oxygen atoms in total. The summed E-state index contributed by atoms with van der Waals surface area (Å²) < 4.78 is 30.5. The molecule has 0 heterocycles. The van der Waals surface area contributed by atoms with Crippen molar-refractivity contribution in [2.24, 2.45) is 0 Å². The Morgan fingerprint density at radius 2 is 0.719 bits per heavy atom. The lowest BCUT2D eigenvalue weighted by atomic mass is 10.0. The monoisotopic (exact) mass is 1260 g/mol. The number of hydrogen-bond donors (Lipinski definition) is 1. The number of nitrogens with zero attached hydrogens (tertiary/aromatic N) is 1. The van der Waals surface area contributed by atoms with Crippen LogP contribution < -0.4 is 10.2 Å². The first-order valence-electron chi connectivity index (χ1n) is 37.2. The van der Waals surface area contributed by atoms with Gasteiger partial charge in [-0.25, -0.2) is 0 Å². The molecular formula is C79H141N2O7P. The van der Waals surface area contributed by atoms with E-state index in [1.54, 1.807) is 0 Å². The van der Waals surface area contributed by atoms with E-state index < -0.39 is 26.6 Å². The number of quaternary nitrogens is 1. The van der Waals surface area contributed by atoms with Crippen molar-refractivity contribution in [3.05, 3.63) is 109 Å². The Labute approximate surface area is 551 Å². The molecule has 0 rings (SSSR count). The van der Waals surface area contributed by atoms with Crippen LogP contribution in [0.3, 0.4) is 0 Å². The van der Waals surface area contributed by atoms with Gasteiger partial charge in [0, 0.05) is 12.8 Å². The van der Waals surface area contributed by atoms with Gasteiger partial charge < -0.3 is 28.5 Å². The number of likely N-dealkylation sites (N-methyl/N-ethyl adjacent to an activating group) is 1. The van der Waals surface area contributed by atoms with Gasteiger partial charge in [0.25, 0.3) is 7.82 Å². The third-order valence-corrected chi connectivity index (χ3v) is 17.2. The van der Waals surface area contributed by atoms with E-state index in [9.17, 15) is 19.0 Å². The van der Waals surface area contributed by atoms with Crippen LogP contribution in [0.5, 0.6) is 0 Å². The van der Waals surface area contributed by atoms with Crippen molar-refractivity contribution in [1.29, 1.82) is 0 Å². The number of rotatable bonds is 67. The Kier molecular flexibility index (Phi) is 65.0. The number of nitrogens with one attached hydrogen (secondary N) is 1. The zero-order valence-corrected chi connectivity index (χ0v) is 59.8. The molecule has 0 bridgehead atoms. The third-order valence-electron chi connectivity index (χ3n) is 16.2. The number of phosphoric acid groups is 1. The first-order valence-corrected chi connectivity index (χ1v) is 38.7. The molecule has 514 valence electrons. The molecule has 10 heteroatoms. The Morgan fingerprint density at radius 3 is 1.10 bits per heavy atom. The highest BCUT2D eigenvalue weighted by Crippen LogP contribution is 2.38. The van der Waals surface area contributed by atoms with Gasteiger partial charge in [0.1, 0.15) is 19.3 Å². The van der Waals surface area contributed by atoms with Crippen LogP contribution >= 0.6 is 7.82 Å². The van der Waals surface area contributed by atoms with E-state index in [0.717, 1.165) is 116 Å². The van der Waals surface area contributed by atoms with Gasteiger partial charge in [-0.3, -0.25) is 14.2 Å². The smallest absolute Gasteiger partial charge is 0.306 e. The Morgan fingerprint density at radius 1 is 0.404 bits per heavy atom. The van der Waals surface area contributed by atoms with Gasteiger partial charge in [0.2, 0.25) is 5.91 Å². The molecule has 3 atom stereocenters. The quantitative estimate of drug-likeness (QED) is 0.0212. The molecule has 0 aliphatic carbocycles. The number of hydrogen-bond acceptors (Lipinski definition) is 7. The molecule has 0 saturated heterocycles. The zero-order valence-electron chi connectivity index (χ0n) is 58.9. The molecule has 0 aromatic carbocycles. The van der Waals surface area contributed by atoms with Gasteiger partial charge in [-0.2, -0.15) is 0 Å². The standard InChI is InChI=1S/C79H141N2O7P/c1-7-10-13-16-19-22-25-28-30-32-34-36-38-40-42-44-46-48-50-53-56-59-62-65-68-71-78(82)80-76(75-87-89(84,85)86-74-73-81(4,5)6)77(70-67-64-61-58-55-52-27-24-21-18-15-12-9-3)88-79(83)72-69-66-63-60-57-54-51-49-47-45-43-41-39-37-35-33-31-29-26-23-20-17-14-11-8-2/h10,13,19-20,22-23,28-31,34-37,40,42,67,70,76-77H,7-9,11-12,14-18,21,24-27,32-33,38-39,41,43-66,68-69,71-75H2,1-6H3,(H-,80,82,84,85)/b13-10-,22-19-,23-20-,30-28-,31-29-,36-34-,37-35-,42-40-,70-67+. The van der Waals surface area contributed by atoms with E-state index in [4.69, 9.17) is 13.8 Å². The molecule has 0 saturated carbocycles. The lowest BCUT2D eigenvalue weighted by Gasteiger charge is -2.30. The Hall–Kier alpha value is -3.33. The molecule has 0 aromatic rings. The van der Waals surface area contributed by atoms with Crippen LogP contribution in [-0.4, -0.2) is 69.4 Å². The van der Waals surface area contributed by atoms with E-state index in [-0.39, 0.29) is 24.9 Å². The molecular weight excluding hydrogens is 1120 g/mol. The first-order chi connectivity index (χ1) is 43.4. The van der Waals surface area contributed by atoms with E-state index in [1.165, 1.54) is 180 Å². The highest BCUT2D eigenvalue weighted by molar-refractivity contribution is 7.45. The maximum atomic E-state index is 13.6. The summed E-state index contributed by atoms with van der Waals surface area (Å²) in [7, 11) is 1.18. The SMILES string of the molecule is CC/C=C\C/C=C\C/C=C\C/C=C\C/C=C\CCCCCCCCCCCC(=O)NC(COP(=O)([O-])OCC[N+](C)(C)C)C(/C=C/CCCCCCCCCCCCC)OC(=O)CCCCCCCCCCCCCC/C=C\C/C=C\C/C=C\CCCCC. The fraction of sp³-hybridized carbons (Fsp3) is 0.747. The minimum atomic E-state index is -4.72. The average molecular weight is 1260 g/mol. The molecule has 0 spiro atoms. The van der Waals surface area contributed by atoms with Crippen LogP contribution in [0.15, 0.2) is 109 Å². The second-order valence-corrected chi connectivity index (χ2v) is 27.5. The number of amides is 1. The zero-order chi connectivity index (χ0) is 64.9. The fourth-order valence-electron chi connectivity index (χ4n) is 10.5. The van der Waals surface area contributed by atoms with Crippen molar-refractivity contribution >= 4 is 19.7 Å². The second kappa shape index (κ2) is 67.6. The van der Waals surface area contributed by atoms with Crippen molar-refractivity contribution in [2.75, 3.05) is 40.9 Å². The third kappa shape index (κ3) is 68.9.